The second kappa shape index (κ2) is 21.8. The molecule has 3 aromatic carbocycles. The van der Waals surface area contributed by atoms with Crippen LogP contribution in [0, 0.1) is 0 Å². The Balaban J connectivity index is 1.29. The quantitative estimate of drug-likeness (QED) is 0.0552. The minimum atomic E-state index is -0.802. The lowest BCUT2D eigenvalue weighted by atomic mass is 10.1. The van der Waals surface area contributed by atoms with Crippen molar-refractivity contribution < 1.29 is 57.2 Å². The van der Waals surface area contributed by atoms with Gasteiger partial charge in [0.15, 0.2) is 11.6 Å². The fourth-order valence-corrected chi connectivity index (χ4v) is 4.53. The fraction of sp³-hybridized carbons (Fsp3) is 0.385. The smallest absolute Gasteiger partial charge is 0.339 e. The molecule has 12 heteroatoms. The number of hydrogen-bond donors (Lipinski definition) is 0. The van der Waals surface area contributed by atoms with Crippen LogP contribution in [0.1, 0.15) is 87.9 Å². The van der Waals surface area contributed by atoms with Crippen LogP contribution in [0.4, 0.5) is 0 Å². The minimum Gasteiger partial charge on any atom is -0.463 e. The molecule has 0 saturated carbocycles. The fourth-order valence-electron chi connectivity index (χ4n) is 4.53. The molecule has 12 nitrogen and oxygen atoms in total. The molecule has 3 unspecified atom stereocenters. The highest BCUT2D eigenvalue weighted by Crippen LogP contribution is 2.14. The molecule has 3 aromatic rings. The van der Waals surface area contributed by atoms with Gasteiger partial charge in [-0.3, -0.25) is 19.2 Å². The molecular formula is C39H44O12. The molecule has 0 amide bonds. The minimum absolute atomic E-state index is 0.00231. The maximum absolute atomic E-state index is 12.8. The first-order valence-electron chi connectivity index (χ1n) is 16.7. The number of unbranched alkanes of at least 4 members (excludes halogenated alkanes) is 1. The van der Waals surface area contributed by atoms with Gasteiger partial charge in [-0.1, -0.05) is 72.8 Å². The van der Waals surface area contributed by atoms with Crippen LogP contribution in [0.25, 0.3) is 0 Å². The lowest BCUT2D eigenvalue weighted by Gasteiger charge is -2.16. The summed E-state index contributed by atoms with van der Waals surface area (Å²) in [6.45, 7) is 4.28. The average Bonchev–Trinajstić information content (AvgIpc) is 3.14. The Morgan fingerprint density at radius 3 is 1.61 bits per heavy atom. The van der Waals surface area contributed by atoms with Crippen LogP contribution in [0.3, 0.4) is 0 Å². The van der Waals surface area contributed by atoms with Gasteiger partial charge < -0.3 is 28.4 Å². The zero-order valence-electron chi connectivity index (χ0n) is 29.1. The third-order valence-corrected chi connectivity index (χ3v) is 7.22. The Morgan fingerprint density at radius 1 is 0.510 bits per heavy atom. The van der Waals surface area contributed by atoms with E-state index in [1.165, 1.54) is 12.1 Å². The SMILES string of the molecule is CC(COC(=O)CCCCC(=O)OC(C)COC(=O)c1ccccc1C(=O)OC(C)COCC(=O)c1ccccc1)OCC(=O)c1ccccc1. The van der Waals surface area contributed by atoms with E-state index in [0.717, 1.165) is 0 Å². The van der Waals surface area contributed by atoms with Crippen molar-refractivity contribution in [3.63, 3.8) is 0 Å². The Hall–Kier alpha value is -5.20. The van der Waals surface area contributed by atoms with Gasteiger partial charge in [-0.2, -0.15) is 0 Å². The number of Topliss-reactive ketones (excluding diaryl/α,β-unsaturated/α-hetero) is 2. The van der Waals surface area contributed by atoms with Crippen molar-refractivity contribution in [3.05, 3.63) is 107 Å². The van der Waals surface area contributed by atoms with Gasteiger partial charge in [-0.25, -0.2) is 9.59 Å². The van der Waals surface area contributed by atoms with Gasteiger partial charge in [0.05, 0.1) is 23.8 Å². The standard InChI is InChI=1S/C39H44O12/c1-27(47-26-35(41)31-16-8-5-9-17-31)23-48-36(42)20-12-13-21-37(43)50-29(3)24-49-38(44)32-18-10-11-19-33(32)39(45)51-28(2)22-46-25-34(40)30-14-6-4-7-15-30/h4-11,14-19,27-29H,12-13,20-26H2,1-3H3. The molecule has 0 aliphatic heterocycles. The number of ketones is 2. The number of hydrogen-bond acceptors (Lipinski definition) is 12. The molecule has 0 aliphatic carbocycles. The number of rotatable bonds is 22. The van der Waals surface area contributed by atoms with E-state index >= 15 is 0 Å². The number of carbonyl (C=O) groups excluding carboxylic acids is 6. The van der Waals surface area contributed by atoms with Crippen LogP contribution >= 0.6 is 0 Å². The van der Waals surface area contributed by atoms with E-state index in [0.29, 0.717) is 24.0 Å². The highest BCUT2D eigenvalue weighted by molar-refractivity contribution is 6.03. The lowest BCUT2D eigenvalue weighted by Crippen LogP contribution is -2.25. The number of ether oxygens (including phenoxy) is 6. The molecule has 0 spiro atoms. The van der Waals surface area contributed by atoms with Gasteiger partial charge in [0, 0.05) is 24.0 Å². The van der Waals surface area contributed by atoms with Crippen LogP contribution < -0.4 is 0 Å². The highest BCUT2D eigenvalue weighted by Gasteiger charge is 2.22. The monoisotopic (exact) mass is 704 g/mol. The first kappa shape index (κ1) is 40.2. The molecule has 0 fully saturated rings. The third-order valence-electron chi connectivity index (χ3n) is 7.22. The molecule has 0 heterocycles. The van der Waals surface area contributed by atoms with Crippen LogP contribution in [0.2, 0.25) is 0 Å². The van der Waals surface area contributed by atoms with Crippen LogP contribution in [0.15, 0.2) is 84.9 Å². The van der Waals surface area contributed by atoms with E-state index in [4.69, 9.17) is 28.4 Å². The molecule has 51 heavy (non-hydrogen) atoms. The van der Waals surface area contributed by atoms with Crippen molar-refractivity contribution in [1.29, 1.82) is 0 Å². The largest absolute Gasteiger partial charge is 0.463 e. The van der Waals surface area contributed by atoms with Crippen molar-refractivity contribution in [3.8, 4) is 0 Å². The molecule has 0 aromatic heterocycles. The Labute approximate surface area is 297 Å². The van der Waals surface area contributed by atoms with Gasteiger partial charge in [-0.05, 0) is 45.7 Å². The van der Waals surface area contributed by atoms with E-state index in [9.17, 15) is 28.8 Å². The second-order valence-electron chi connectivity index (χ2n) is 11.8. The van der Waals surface area contributed by atoms with Crippen molar-refractivity contribution in [2.45, 2.75) is 64.8 Å². The average molecular weight is 705 g/mol. The maximum atomic E-state index is 12.8. The summed E-state index contributed by atoms with van der Waals surface area (Å²) >= 11 is 0. The van der Waals surface area contributed by atoms with Crippen molar-refractivity contribution >= 4 is 35.4 Å². The summed E-state index contributed by atoms with van der Waals surface area (Å²) < 4.78 is 32.1. The summed E-state index contributed by atoms with van der Waals surface area (Å²) in [6.07, 6.45) is -1.03. The highest BCUT2D eigenvalue weighted by atomic mass is 16.6. The summed E-state index contributed by atoms with van der Waals surface area (Å²) in [7, 11) is 0. The van der Waals surface area contributed by atoms with Crippen LogP contribution in [0.5, 0.6) is 0 Å². The molecule has 0 aliphatic rings. The predicted molar refractivity (Wildman–Crippen MR) is 184 cm³/mol. The van der Waals surface area contributed by atoms with Crippen LogP contribution in [-0.4, -0.2) is 86.8 Å². The topological polar surface area (TPSA) is 158 Å². The second-order valence-corrected chi connectivity index (χ2v) is 11.8. The molecular weight excluding hydrogens is 660 g/mol. The van der Waals surface area contributed by atoms with Gasteiger partial charge in [0.25, 0.3) is 0 Å². The van der Waals surface area contributed by atoms with Crippen molar-refractivity contribution in [1.82, 2.24) is 0 Å². The molecule has 3 rings (SSSR count). The van der Waals surface area contributed by atoms with E-state index in [1.807, 2.05) is 6.07 Å². The van der Waals surface area contributed by atoms with E-state index in [-0.39, 0.29) is 68.6 Å². The lowest BCUT2D eigenvalue weighted by molar-refractivity contribution is -0.151. The summed E-state index contributed by atoms with van der Waals surface area (Å²) in [6, 6.07) is 23.4. The van der Waals surface area contributed by atoms with E-state index in [2.05, 4.69) is 0 Å². The molecule has 0 radical (unpaired) electrons. The number of carbonyl (C=O) groups is 6. The van der Waals surface area contributed by atoms with E-state index < -0.39 is 42.2 Å². The number of esters is 4. The molecule has 272 valence electrons. The van der Waals surface area contributed by atoms with Crippen LogP contribution in [-0.2, 0) is 38.0 Å². The molecule has 3 atom stereocenters. The zero-order valence-corrected chi connectivity index (χ0v) is 29.1. The summed E-state index contributed by atoms with van der Waals surface area (Å²) in [5.41, 5.74) is 1.01. The Morgan fingerprint density at radius 2 is 1.00 bits per heavy atom. The van der Waals surface area contributed by atoms with Gasteiger partial charge >= 0.3 is 23.9 Å². The molecule has 0 saturated heterocycles. The normalized spacial score (nSPS) is 12.5. The first-order chi connectivity index (χ1) is 24.5. The predicted octanol–water partition coefficient (Wildman–Crippen LogP) is 5.61. The third kappa shape index (κ3) is 15.1. The van der Waals surface area contributed by atoms with Crippen molar-refractivity contribution in [2.75, 3.05) is 33.0 Å². The Bertz CT molecular complexity index is 1590. The van der Waals surface area contributed by atoms with Gasteiger partial charge in [-0.15, -0.1) is 0 Å². The Kier molecular flexibility index (Phi) is 17.2. The van der Waals surface area contributed by atoms with E-state index in [1.54, 1.807) is 87.5 Å². The first-order valence-corrected chi connectivity index (χ1v) is 16.7. The maximum Gasteiger partial charge on any atom is 0.339 e. The summed E-state index contributed by atoms with van der Waals surface area (Å²) in [5.74, 6) is -2.92. The molecule has 0 bridgehead atoms. The van der Waals surface area contributed by atoms with Gasteiger partial charge in [0.1, 0.15) is 38.6 Å². The molecule has 0 N–H and O–H groups in total. The van der Waals surface area contributed by atoms with Gasteiger partial charge in [0.2, 0.25) is 0 Å². The summed E-state index contributed by atoms with van der Waals surface area (Å²) in [5, 5.41) is 0. The summed E-state index contributed by atoms with van der Waals surface area (Å²) in [4.78, 5) is 74.3. The zero-order chi connectivity index (χ0) is 37.0. The number of benzene rings is 3. The van der Waals surface area contributed by atoms with Crippen molar-refractivity contribution in [2.24, 2.45) is 0 Å².